The molecule has 0 aliphatic rings. The summed E-state index contributed by atoms with van der Waals surface area (Å²) < 4.78 is 10.1. The zero-order chi connectivity index (χ0) is 20.8. The number of H-pyrrole nitrogens is 1. The molecule has 0 aliphatic heterocycles. The lowest BCUT2D eigenvalue weighted by molar-refractivity contribution is -0.114. The van der Waals surface area contributed by atoms with E-state index in [1.165, 1.54) is 19.1 Å². The Morgan fingerprint density at radius 2 is 1.54 bits per heavy atom. The van der Waals surface area contributed by atoms with Gasteiger partial charge in [-0.2, -0.15) is 0 Å². The summed E-state index contributed by atoms with van der Waals surface area (Å²) in [4.78, 5) is 50.8. The zero-order valence-electron chi connectivity index (χ0n) is 16.2. The van der Waals surface area contributed by atoms with Crippen LogP contribution in [0, 0.1) is 13.8 Å². The average Bonchev–Trinajstić information content (AvgIpc) is 2.93. The number of ketones is 1. The topological polar surface area (TPSA) is 115 Å². The molecule has 0 saturated carbocycles. The van der Waals surface area contributed by atoms with Crippen LogP contribution in [0.2, 0.25) is 0 Å². The van der Waals surface area contributed by atoms with Crippen LogP contribution >= 0.6 is 0 Å². The maximum atomic E-state index is 12.6. The molecule has 1 aromatic heterocycles. The number of ether oxygens (including phenoxy) is 2. The summed E-state index contributed by atoms with van der Waals surface area (Å²) in [7, 11) is 0. The molecule has 2 aromatic rings. The van der Waals surface area contributed by atoms with E-state index in [0.29, 0.717) is 17.1 Å². The quantitative estimate of drug-likeness (QED) is 0.559. The van der Waals surface area contributed by atoms with Crippen LogP contribution in [0.1, 0.15) is 56.3 Å². The van der Waals surface area contributed by atoms with E-state index in [-0.39, 0.29) is 29.2 Å². The molecule has 8 heteroatoms. The van der Waals surface area contributed by atoms with Crippen LogP contribution in [0.25, 0.3) is 0 Å². The molecular weight excluding hydrogens is 364 g/mol. The summed E-state index contributed by atoms with van der Waals surface area (Å²) in [5.74, 6) is -2.03. The molecule has 0 bridgehead atoms. The Balaban J connectivity index is 2.09. The number of anilines is 1. The molecule has 2 N–H and O–H groups in total. The molecule has 8 nitrogen and oxygen atoms in total. The number of aromatic nitrogens is 1. The summed E-state index contributed by atoms with van der Waals surface area (Å²) in [6.07, 6.45) is 0. The highest BCUT2D eigenvalue weighted by Crippen LogP contribution is 2.20. The molecule has 0 spiro atoms. The first kappa shape index (κ1) is 20.9. The first-order chi connectivity index (χ1) is 13.2. The van der Waals surface area contributed by atoms with Crippen molar-refractivity contribution in [3.05, 3.63) is 52.3 Å². The standard InChI is InChI=1S/C20H22N2O6/c1-5-27-20(26)18-12(3)21-11(2)17(18)16(24)10-28-19(25)14-6-8-15(9-7-14)22-13(4)23/h6-9,21H,5,10H2,1-4H3,(H,22,23). The van der Waals surface area contributed by atoms with E-state index >= 15 is 0 Å². The number of amides is 1. The van der Waals surface area contributed by atoms with Crippen molar-refractivity contribution in [1.82, 2.24) is 4.98 Å². The molecule has 28 heavy (non-hydrogen) atoms. The first-order valence-corrected chi connectivity index (χ1v) is 8.68. The predicted octanol–water partition coefficient (Wildman–Crippen LogP) is 2.81. The average molecular weight is 386 g/mol. The smallest absolute Gasteiger partial charge is 0.340 e. The van der Waals surface area contributed by atoms with Gasteiger partial charge in [0.15, 0.2) is 6.61 Å². The van der Waals surface area contributed by atoms with Gasteiger partial charge in [0.25, 0.3) is 0 Å². The Kier molecular flexibility index (Phi) is 6.70. The number of carbonyl (C=O) groups is 4. The molecule has 0 fully saturated rings. The van der Waals surface area contributed by atoms with Gasteiger partial charge in [0, 0.05) is 24.0 Å². The number of benzene rings is 1. The molecular formula is C20H22N2O6. The Labute approximate surface area is 162 Å². The molecule has 0 atom stereocenters. The third kappa shape index (κ3) is 4.85. The van der Waals surface area contributed by atoms with Gasteiger partial charge in [-0.05, 0) is 45.0 Å². The van der Waals surface area contributed by atoms with Crippen LogP contribution < -0.4 is 5.32 Å². The number of hydrogen-bond acceptors (Lipinski definition) is 6. The third-order valence-electron chi connectivity index (χ3n) is 3.91. The number of hydrogen-bond donors (Lipinski definition) is 2. The molecule has 1 amide bonds. The molecule has 2 rings (SSSR count). The molecule has 1 aromatic carbocycles. The van der Waals surface area contributed by atoms with Crippen LogP contribution in [0.3, 0.4) is 0 Å². The van der Waals surface area contributed by atoms with Gasteiger partial charge in [-0.15, -0.1) is 0 Å². The van der Waals surface area contributed by atoms with Crippen LogP contribution in [0.4, 0.5) is 5.69 Å². The summed E-state index contributed by atoms with van der Waals surface area (Å²) in [5, 5.41) is 2.59. The van der Waals surface area contributed by atoms with Gasteiger partial charge in [-0.1, -0.05) is 0 Å². The fourth-order valence-corrected chi connectivity index (χ4v) is 2.77. The van der Waals surface area contributed by atoms with E-state index in [4.69, 9.17) is 9.47 Å². The van der Waals surface area contributed by atoms with Crippen LogP contribution in [-0.2, 0) is 14.3 Å². The lowest BCUT2D eigenvalue weighted by Crippen LogP contribution is -2.18. The fraction of sp³-hybridized carbons (Fsp3) is 0.300. The second kappa shape index (κ2) is 8.98. The summed E-state index contributed by atoms with van der Waals surface area (Å²) in [6.45, 7) is 6.04. The Morgan fingerprint density at radius 3 is 2.11 bits per heavy atom. The third-order valence-corrected chi connectivity index (χ3v) is 3.91. The minimum atomic E-state index is -0.690. The molecule has 0 aliphatic carbocycles. The largest absolute Gasteiger partial charge is 0.462 e. The Bertz CT molecular complexity index is 912. The van der Waals surface area contributed by atoms with Gasteiger partial charge in [-0.25, -0.2) is 9.59 Å². The molecule has 148 valence electrons. The highest BCUT2D eigenvalue weighted by atomic mass is 16.5. The normalized spacial score (nSPS) is 10.3. The molecule has 0 radical (unpaired) electrons. The van der Waals surface area contributed by atoms with Gasteiger partial charge in [0.2, 0.25) is 11.7 Å². The van der Waals surface area contributed by atoms with Crippen LogP contribution in [0.5, 0.6) is 0 Å². The number of carbonyl (C=O) groups excluding carboxylic acids is 4. The fourth-order valence-electron chi connectivity index (χ4n) is 2.77. The van der Waals surface area contributed by atoms with Gasteiger partial charge >= 0.3 is 11.9 Å². The van der Waals surface area contributed by atoms with Crippen LogP contribution in [-0.4, -0.2) is 41.8 Å². The second-order valence-corrected chi connectivity index (χ2v) is 6.10. The van der Waals surface area contributed by atoms with Crippen molar-refractivity contribution in [3.63, 3.8) is 0 Å². The van der Waals surface area contributed by atoms with Crippen molar-refractivity contribution < 1.29 is 28.7 Å². The second-order valence-electron chi connectivity index (χ2n) is 6.10. The van der Waals surface area contributed by atoms with Gasteiger partial charge in [-0.3, -0.25) is 9.59 Å². The Hall–Kier alpha value is -3.42. The van der Waals surface area contributed by atoms with Gasteiger partial charge < -0.3 is 19.8 Å². The maximum Gasteiger partial charge on any atom is 0.340 e. The zero-order valence-corrected chi connectivity index (χ0v) is 16.2. The predicted molar refractivity (Wildman–Crippen MR) is 102 cm³/mol. The summed E-state index contributed by atoms with van der Waals surface area (Å²) in [5.41, 5.74) is 2.09. The van der Waals surface area contributed by atoms with Crippen molar-refractivity contribution in [2.75, 3.05) is 18.5 Å². The Morgan fingerprint density at radius 1 is 0.929 bits per heavy atom. The lowest BCUT2D eigenvalue weighted by Gasteiger charge is -2.08. The van der Waals surface area contributed by atoms with Crippen molar-refractivity contribution in [1.29, 1.82) is 0 Å². The van der Waals surface area contributed by atoms with E-state index in [2.05, 4.69) is 10.3 Å². The summed E-state index contributed by atoms with van der Waals surface area (Å²) >= 11 is 0. The van der Waals surface area contributed by atoms with Gasteiger partial charge in [0.1, 0.15) is 0 Å². The number of esters is 2. The maximum absolute atomic E-state index is 12.6. The minimum Gasteiger partial charge on any atom is -0.462 e. The number of nitrogens with one attached hydrogen (secondary N) is 2. The molecule has 0 unspecified atom stereocenters. The van der Waals surface area contributed by atoms with E-state index < -0.39 is 24.3 Å². The van der Waals surface area contributed by atoms with E-state index in [1.54, 1.807) is 32.9 Å². The minimum absolute atomic E-state index is 0.153. The highest BCUT2D eigenvalue weighted by molar-refractivity contribution is 6.09. The van der Waals surface area contributed by atoms with E-state index in [9.17, 15) is 19.2 Å². The first-order valence-electron chi connectivity index (χ1n) is 8.68. The monoisotopic (exact) mass is 386 g/mol. The van der Waals surface area contributed by atoms with Crippen molar-refractivity contribution in [2.24, 2.45) is 0 Å². The number of rotatable bonds is 7. The molecule has 0 saturated heterocycles. The van der Waals surface area contributed by atoms with Crippen LogP contribution in [0.15, 0.2) is 24.3 Å². The van der Waals surface area contributed by atoms with Crippen molar-refractivity contribution >= 4 is 29.3 Å². The highest BCUT2D eigenvalue weighted by Gasteiger charge is 2.26. The molecule has 1 heterocycles. The number of Topliss-reactive ketones (excluding diaryl/α,β-unsaturated/α-hetero) is 1. The van der Waals surface area contributed by atoms with E-state index in [1.807, 2.05) is 0 Å². The lowest BCUT2D eigenvalue weighted by atomic mass is 10.1. The van der Waals surface area contributed by atoms with Crippen molar-refractivity contribution in [3.8, 4) is 0 Å². The van der Waals surface area contributed by atoms with E-state index in [0.717, 1.165) is 0 Å². The number of aryl methyl sites for hydroxylation is 2. The summed E-state index contributed by atoms with van der Waals surface area (Å²) in [6, 6.07) is 6.07. The van der Waals surface area contributed by atoms with Crippen molar-refractivity contribution in [2.45, 2.75) is 27.7 Å². The SMILES string of the molecule is CCOC(=O)c1c(C)[nH]c(C)c1C(=O)COC(=O)c1ccc(NC(C)=O)cc1. The number of aromatic amines is 1. The van der Waals surface area contributed by atoms with Gasteiger partial charge in [0.05, 0.1) is 23.3 Å².